The molecule has 1 fully saturated rings. The van der Waals surface area contributed by atoms with Crippen molar-refractivity contribution in [3.63, 3.8) is 0 Å². The summed E-state index contributed by atoms with van der Waals surface area (Å²) in [5, 5.41) is 0.762. The van der Waals surface area contributed by atoms with Crippen LogP contribution < -0.4 is 4.74 Å². The molecule has 0 saturated carbocycles. The van der Waals surface area contributed by atoms with Gasteiger partial charge in [-0.25, -0.2) is 0 Å². The molecule has 0 bridgehead atoms. The number of hydrogen-bond acceptors (Lipinski definition) is 3. The zero-order valence-corrected chi connectivity index (χ0v) is 16.9. The number of aromatic nitrogens is 1. The lowest BCUT2D eigenvalue weighted by Gasteiger charge is -2.25. The van der Waals surface area contributed by atoms with Crippen molar-refractivity contribution in [2.75, 3.05) is 6.54 Å². The van der Waals surface area contributed by atoms with Crippen molar-refractivity contribution in [1.29, 1.82) is 0 Å². The van der Waals surface area contributed by atoms with E-state index in [-0.39, 0.29) is 11.9 Å². The molecule has 29 heavy (non-hydrogen) atoms. The molecule has 1 aromatic heterocycles. The second kappa shape index (κ2) is 9.10. The maximum Gasteiger partial charge on any atom is 0.254 e. The summed E-state index contributed by atoms with van der Waals surface area (Å²) < 4.78 is 5.86. The minimum atomic E-state index is 0.0476. The maximum atomic E-state index is 13.2. The standard InChI is InChI=1S/C24H23ClN2O2/c25-23-11-2-1-7-19(23)14-21-9-5-13-27(21)24(28)20-8-3-10-22(15-20)29-17-18-6-4-12-26-16-18/h1-4,6-8,10-12,15-16,21H,5,9,13-14,17H2. The zero-order valence-electron chi connectivity index (χ0n) is 16.1. The molecule has 148 valence electrons. The van der Waals surface area contributed by atoms with Crippen molar-refractivity contribution in [1.82, 2.24) is 9.88 Å². The highest BCUT2D eigenvalue weighted by Crippen LogP contribution is 2.27. The quantitative estimate of drug-likeness (QED) is 0.567. The number of rotatable bonds is 6. The van der Waals surface area contributed by atoms with Crippen molar-refractivity contribution < 1.29 is 9.53 Å². The molecule has 5 heteroatoms. The molecule has 0 N–H and O–H groups in total. The third-order valence-electron chi connectivity index (χ3n) is 5.26. The molecule has 0 radical (unpaired) electrons. The highest BCUT2D eigenvalue weighted by Gasteiger charge is 2.30. The van der Waals surface area contributed by atoms with Gasteiger partial charge in [0.05, 0.1) is 0 Å². The predicted octanol–water partition coefficient (Wildman–Crippen LogP) is 5.16. The molecular formula is C24H23ClN2O2. The number of hydrogen-bond donors (Lipinski definition) is 0. The van der Waals surface area contributed by atoms with Crippen LogP contribution in [0.25, 0.3) is 0 Å². The Morgan fingerprint density at radius 3 is 2.86 bits per heavy atom. The molecule has 4 rings (SSSR count). The van der Waals surface area contributed by atoms with Gasteiger partial charge in [-0.3, -0.25) is 9.78 Å². The largest absolute Gasteiger partial charge is 0.489 e. The monoisotopic (exact) mass is 406 g/mol. The number of benzene rings is 2. The van der Waals surface area contributed by atoms with Gasteiger partial charge in [0.2, 0.25) is 0 Å². The highest BCUT2D eigenvalue weighted by atomic mass is 35.5. The molecule has 3 aromatic rings. The molecular weight excluding hydrogens is 384 g/mol. The number of nitrogens with zero attached hydrogens (tertiary/aromatic N) is 2. The third-order valence-corrected chi connectivity index (χ3v) is 5.63. The Balaban J connectivity index is 1.45. The van der Waals surface area contributed by atoms with Gasteiger partial charge in [0, 0.05) is 41.1 Å². The second-order valence-corrected chi connectivity index (χ2v) is 7.68. The van der Waals surface area contributed by atoms with Crippen LogP contribution in [0.3, 0.4) is 0 Å². The van der Waals surface area contributed by atoms with Crippen LogP contribution in [-0.2, 0) is 13.0 Å². The van der Waals surface area contributed by atoms with Gasteiger partial charge in [0.1, 0.15) is 12.4 Å². The van der Waals surface area contributed by atoms with Crippen molar-refractivity contribution in [3.8, 4) is 5.75 Å². The molecule has 0 aliphatic carbocycles. The molecule has 1 aliphatic heterocycles. The Bertz CT molecular complexity index is 977. The van der Waals surface area contributed by atoms with E-state index in [0.717, 1.165) is 42.0 Å². The minimum absolute atomic E-state index is 0.0476. The van der Waals surface area contributed by atoms with E-state index in [1.54, 1.807) is 12.4 Å². The normalized spacial score (nSPS) is 16.0. The average molecular weight is 407 g/mol. The molecule has 1 amide bonds. The lowest BCUT2D eigenvalue weighted by molar-refractivity contribution is 0.0736. The summed E-state index contributed by atoms with van der Waals surface area (Å²) in [5.41, 5.74) is 2.73. The Kier molecular flexibility index (Phi) is 6.11. The first-order valence-electron chi connectivity index (χ1n) is 9.87. The Hall–Kier alpha value is -2.85. The summed E-state index contributed by atoms with van der Waals surface area (Å²) in [6.07, 6.45) is 6.30. The highest BCUT2D eigenvalue weighted by molar-refractivity contribution is 6.31. The molecule has 0 spiro atoms. The van der Waals surface area contributed by atoms with Gasteiger partial charge in [0.15, 0.2) is 0 Å². The van der Waals surface area contributed by atoms with Gasteiger partial charge in [-0.15, -0.1) is 0 Å². The van der Waals surface area contributed by atoms with E-state index in [1.165, 1.54) is 0 Å². The lowest BCUT2D eigenvalue weighted by Crippen LogP contribution is -2.36. The first-order valence-corrected chi connectivity index (χ1v) is 10.2. The van der Waals surface area contributed by atoms with Gasteiger partial charge < -0.3 is 9.64 Å². The summed E-state index contributed by atoms with van der Waals surface area (Å²) in [7, 11) is 0. The topological polar surface area (TPSA) is 42.4 Å². The van der Waals surface area contributed by atoms with Crippen LogP contribution in [0.15, 0.2) is 73.1 Å². The second-order valence-electron chi connectivity index (χ2n) is 7.27. The van der Waals surface area contributed by atoms with Crippen molar-refractivity contribution in [2.45, 2.75) is 31.9 Å². The van der Waals surface area contributed by atoms with E-state index in [4.69, 9.17) is 16.3 Å². The van der Waals surface area contributed by atoms with Gasteiger partial charge in [-0.05, 0) is 55.2 Å². The summed E-state index contributed by atoms with van der Waals surface area (Å²) in [6.45, 7) is 1.19. The third kappa shape index (κ3) is 4.77. The molecule has 1 saturated heterocycles. The Morgan fingerprint density at radius 1 is 1.14 bits per heavy atom. The fourth-order valence-corrected chi connectivity index (χ4v) is 3.98. The van der Waals surface area contributed by atoms with Crippen LogP contribution in [0.1, 0.15) is 34.3 Å². The molecule has 4 nitrogen and oxygen atoms in total. The Labute approximate surface area is 176 Å². The van der Waals surface area contributed by atoms with Crippen molar-refractivity contribution in [2.24, 2.45) is 0 Å². The van der Waals surface area contributed by atoms with E-state index in [0.29, 0.717) is 17.9 Å². The molecule has 2 aromatic carbocycles. The fraction of sp³-hybridized carbons (Fsp3) is 0.250. The van der Waals surface area contributed by atoms with Gasteiger partial charge in [0.25, 0.3) is 5.91 Å². The number of carbonyl (C=O) groups excluding carboxylic acids is 1. The Morgan fingerprint density at radius 2 is 2.03 bits per heavy atom. The smallest absolute Gasteiger partial charge is 0.254 e. The summed E-state index contributed by atoms with van der Waals surface area (Å²) in [6, 6.07) is 19.3. The molecule has 2 heterocycles. The van der Waals surface area contributed by atoms with Gasteiger partial charge in [-0.2, -0.15) is 0 Å². The van der Waals surface area contributed by atoms with Crippen LogP contribution in [0.5, 0.6) is 5.75 Å². The summed E-state index contributed by atoms with van der Waals surface area (Å²) in [4.78, 5) is 19.3. The van der Waals surface area contributed by atoms with Gasteiger partial charge >= 0.3 is 0 Å². The van der Waals surface area contributed by atoms with E-state index in [2.05, 4.69) is 4.98 Å². The summed E-state index contributed by atoms with van der Waals surface area (Å²) >= 11 is 6.33. The number of likely N-dealkylation sites (tertiary alicyclic amines) is 1. The molecule has 1 aliphatic rings. The van der Waals surface area contributed by atoms with E-state index in [1.807, 2.05) is 65.6 Å². The van der Waals surface area contributed by atoms with E-state index < -0.39 is 0 Å². The number of amides is 1. The van der Waals surface area contributed by atoms with E-state index >= 15 is 0 Å². The average Bonchev–Trinajstić information content (AvgIpc) is 3.22. The number of pyridine rings is 1. The van der Waals surface area contributed by atoms with Gasteiger partial charge in [-0.1, -0.05) is 41.9 Å². The first-order chi connectivity index (χ1) is 14.2. The first kappa shape index (κ1) is 19.5. The molecule has 1 unspecified atom stereocenters. The minimum Gasteiger partial charge on any atom is -0.489 e. The van der Waals surface area contributed by atoms with Crippen molar-refractivity contribution in [3.05, 3.63) is 94.8 Å². The van der Waals surface area contributed by atoms with Crippen LogP contribution >= 0.6 is 11.6 Å². The fourth-order valence-electron chi connectivity index (χ4n) is 3.77. The number of ether oxygens (including phenoxy) is 1. The lowest BCUT2D eigenvalue weighted by atomic mass is 10.0. The summed E-state index contributed by atoms with van der Waals surface area (Å²) in [5.74, 6) is 0.730. The van der Waals surface area contributed by atoms with E-state index in [9.17, 15) is 4.79 Å². The van der Waals surface area contributed by atoms with Crippen LogP contribution in [0.4, 0.5) is 0 Å². The van der Waals surface area contributed by atoms with Crippen LogP contribution in [0.2, 0.25) is 5.02 Å². The predicted molar refractivity (Wildman–Crippen MR) is 114 cm³/mol. The number of carbonyl (C=O) groups is 1. The maximum absolute atomic E-state index is 13.2. The van der Waals surface area contributed by atoms with Crippen LogP contribution in [-0.4, -0.2) is 28.4 Å². The van der Waals surface area contributed by atoms with Crippen molar-refractivity contribution >= 4 is 17.5 Å². The van der Waals surface area contributed by atoms with Crippen LogP contribution in [0, 0.1) is 0 Å². The number of halogens is 1. The molecule has 1 atom stereocenters. The zero-order chi connectivity index (χ0) is 20.1. The SMILES string of the molecule is O=C(c1cccc(OCc2cccnc2)c1)N1CCCC1Cc1ccccc1Cl.